The zero-order valence-electron chi connectivity index (χ0n) is 16.8. The zero-order chi connectivity index (χ0) is 20.8. The maximum Gasteiger partial charge on any atom is 0.238 e. The van der Waals surface area contributed by atoms with Crippen LogP contribution in [0.2, 0.25) is 0 Å². The molecule has 0 unspecified atom stereocenters. The van der Waals surface area contributed by atoms with Gasteiger partial charge in [0.2, 0.25) is 5.91 Å². The number of rotatable bonds is 7. The third-order valence-electron chi connectivity index (χ3n) is 4.90. The van der Waals surface area contributed by atoms with Crippen molar-refractivity contribution >= 4 is 22.5 Å². The predicted molar refractivity (Wildman–Crippen MR) is 121 cm³/mol. The SMILES string of the molecule is COc1ccc2nccc(NC(=O)CNCc3ccc(-c4ccccc4)cc3)c2c1. The van der Waals surface area contributed by atoms with E-state index in [0.717, 1.165) is 27.9 Å². The van der Waals surface area contributed by atoms with E-state index in [1.165, 1.54) is 11.1 Å². The molecule has 0 saturated heterocycles. The van der Waals surface area contributed by atoms with Gasteiger partial charge in [0.15, 0.2) is 0 Å². The first-order valence-corrected chi connectivity index (χ1v) is 9.80. The van der Waals surface area contributed by atoms with Gasteiger partial charge >= 0.3 is 0 Å². The Morgan fingerprint density at radius 1 is 0.933 bits per heavy atom. The van der Waals surface area contributed by atoms with E-state index in [-0.39, 0.29) is 12.5 Å². The van der Waals surface area contributed by atoms with Gasteiger partial charge in [-0.3, -0.25) is 9.78 Å². The number of carbonyl (C=O) groups excluding carboxylic acids is 1. The largest absolute Gasteiger partial charge is 0.497 e. The molecule has 3 aromatic carbocycles. The number of hydrogen-bond donors (Lipinski definition) is 2. The number of amides is 1. The first kappa shape index (κ1) is 19.6. The molecular formula is C25H23N3O2. The average Bonchev–Trinajstić information content (AvgIpc) is 2.80. The van der Waals surface area contributed by atoms with Crippen molar-refractivity contribution in [2.45, 2.75) is 6.54 Å². The zero-order valence-corrected chi connectivity index (χ0v) is 16.8. The lowest BCUT2D eigenvalue weighted by atomic mass is 10.0. The molecule has 4 aromatic rings. The maximum absolute atomic E-state index is 12.4. The van der Waals surface area contributed by atoms with E-state index >= 15 is 0 Å². The number of fused-ring (bicyclic) bond motifs is 1. The van der Waals surface area contributed by atoms with E-state index in [9.17, 15) is 4.79 Å². The van der Waals surface area contributed by atoms with E-state index in [4.69, 9.17) is 4.74 Å². The summed E-state index contributed by atoms with van der Waals surface area (Å²) < 4.78 is 5.28. The number of ether oxygens (including phenoxy) is 1. The molecule has 1 amide bonds. The van der Waals surface area contributed by atoms with Crippen molar-refractivity contribution in [1.29, 1.82) is 0 Å². The Labute approximate surface area is 175 Å². The minimum absolute atomic E-state index is 0.105. The minimum Gasteiger partial charge on any atom is -0.497 e. The van der Waals surface area contributed by atoms with Crippen LogP contribution in [0.1, 0.15) is 5.56 Å². The second kappa shape index (κ2) is 9.20. The summed E-state index contributed by atoms with van der Waals surface area (Å²) >= 11 is 0. The van der Waals surface area contributed by atoms with Crippen molar-refractivity contribution in [1.82, 2.24) is 10.3 Å². The van der Waals surface area contributed by atoms with Crippen LogP contribution in [0.15, 0.2) is 85.1 Å². The fourth-order valence-corrected chi connectivity index (χ4v) is 3.32. The summed E-state index contributed by atoms with van der Waals surface area (Å²) in [7, 11) is 1.62. The molecule has 30 heavy (non-hydrogen) atoms. The summed E-state index contributed by atoms with van der Waals surface area (Å²) in [6.45, 7) is 0.835. The lowest BCUT2D eigenvalue weighted by Gasteiger charge is -2.10. The maximum atomic E-state index is 12.4. The molecule has 0 spiro atoms. The standard InChI is InChI=1S/C25H23N3O2/c1-30-21-11-12-23-22(15-21)24(13-14-27-23)28-25(29)17-26-16-18-7-9-20(10-8-18)19-5-3-2-4-6-19/h2-15,26H,16-17H2,1H3,(H,27,28,29). The van der Waals surface area contributed by atoms with Gasteiger partial charge in [-0.05, 0) is 41.0 Å². The van der Waals surface area contributed by atoms with E-state index in [0.29, 0.717) is 6.54 Å². The van der Waals surface area contributed by atoms with Crippen molar-refractivity contribution in [2.24, 2.45) is 0 Å². The van der Waals surface area contributed by atoms with Crippen LogP contribution < -0.4 is 15.4 Å². The molecule has 5 heteroatoms. The summed E-state index contributed by atoms with van der Waals surface area (Å²) in [6, 6.07) is 26.0. The Morgan fingerprint density at radius 3 is 2.47 bits per heavy atom. The summed E-state index contributed by atoms with van der Waals surface area (Å²) in [5.41, 5.74) is 5.02. The van der Waals surface area contributed by atoms with Crippen LogP contribution in [0.25, 0.3) is 22.0 Å². The average molecular weight is 397 g/mol. The number of nitrogens with zero attached hydrogens (tertiary/aromatic N) is 1. The number of carbonyl (C=O) groups is 1. The number of anilines is 1. The van der Waals surface area contributed by atoms with Gasteiger partial charge in [0, 0.05) is 18.1 Å². The fourth-order valence-electron chi connectivity index (χ4n) is 3.32. The number of hydrogen-bond acceptors (Lipinski definition) is 4. The lowest BCUT2D eigenvalue weighted by molar-refractivity contribution is -0.115. The van der Waals surface area contributed by atoms with Crippen LogP contribution in [0.4, 0.5) is 5.69 Å². The lowest BCUT2D eigenvalue weighted by Crippen LogP contribution is -2.27. The van der Waals surface area contributed by atoms with Gasteiger partial charge in [0.25, 0.3) is 0 Å². The highest BCUT2D eigenvalue weighted by Crippen LogP contribution is 2.25. The van der Waals surface area contributed by atoms with Crippen LogP contribution in [-0.4, -0.2) is 24.5 Å². The molecule has 1 aromatic heterocycles. The quantitative estimate of drug-likeness (QED) is 0.477. The molecule has 0 saturated carbocycles. The third-order valence-corrected chi connectivity index (χ3v) is 4.90. The van der Waals surface area contributed by atoms with Crippen molar-refractivity contribution in [2.75, 3.05) is 19.0 Å². The summed E-state index contributed by atoms with van der Waals surface area (Å²) in [4.78, 5) is 16.7. The molecule has 0 radical (unpaired) electrons. The Balaban J connectivity index is 1.34. The highest BCUT2D eigenvalue weighted by atomic mass is 16.5. The van der Waals surface area contributed by atoms with Crippen molar-refractivity contribution in [3.8, 4) is 16.9 Å². The van der Waals surface area contributed by atoms with Crippen molar-refractivity contribution in [3.05, 3.63) is 90.6 Å². The summed E-state index contributed by atoms with van der Waals surface area (Å²) in [5, 5.41) is 7.00. The first-order chi connectivity index (χ1) is 14.7. The van der Waals surface area contributed by atoms with Crippen molar-refractivity contribution in [3.63, 3.8) is 0 Å². The van der Waals surface area contributed by atoms with Crippen LogP contribution in [0, 0.1) is 0 Å². The molecule has 0 atom stereocenters. The van der Waals surface area contributed by atoms with Gasteiger partial charge in [0.1, 0.15) is 5.75 Å². The van der Waals surface area contributed by atoms with Crippen LogP contribution in [-0.2, 0) is 11.3 Å². The number of benzene rings is 3. The Bertz CT molecular complexity index is 1140. The van der Waals surface area contributed by atoms with Gasteiger partial charge in [-0.15, -0.1) is 0 Å². The van der Waals surface area contributed by atoms with Crippen LogP contribution in [0.3, 0.4) is 0 Å². The van der Waals surface area contributed by atoms with Crippen molar-refractivity contribution < 1.29 is 9.53 Å². The Kier molecular flexibility index (Phi) is 6.01. The molecular weight excluding hydrogens is 374 g/mol. The first-order valence-electron chi connectivity index (χ1n) is 9.80. The van der Waals surface area contributed by atoms with E-state index in [1.54, 1.807) is 19.4 Å². The summed E-state index contributed by atoms with van der Waals surface area (Å²) in [5.74, 6) is 0.620. The highest BCUT2D eigenvalue weighted by molar-refractivity contribution is 6.01. The second-order valence-corrected chi connectivity index (χ2v) is 6.96. The van der Waals surface area contributed by atoms with Gasteiger partial charge in [-0.2, -0.15) is 0 Å². The number of aromatic nitrogens is 1. The molecule has 1 heterocycles. The topological polar surface area (TPSA) is 63.2 Å². The Hall–Kier alpha value is -3.70. The third kappa shape index (κ3) is 4.64. The fraction of sp³-hybridized carbons (Fsp3) is 0.120. The molecule has 4 rings (SSSR count). The Morgan fingerprint density at radius 2 is 1.70 bits per heavy atom. The monoisotopic (exact) mass is 397 g/mol. The van der Waals surface area contributed by atoms with Gasteiger partial charge in [-0.1, -0.05) is 54.6 Å². The molecule has 0 aliphatic carbocycles. The number of methoxy groups -OCH3 is 1. The molecule has 150 valence electrons. The number of pyridine rings is 1. The van der Waals surface area contributed by atoms with Gasteiger partial charge in [0.05, 0.1) is 24.9 Å². The molecule has 0 bridgehead atoms. The van der Waals surface area contributed by atoms with E-state index in [2.05, 4.69) is 52.0 Å². The second-order valence-electron chi connectivity index (χ2n) is 6.96. The normalized spacial score (nSPS) is 10.7. The van der Waals surface area contributed by atoms with Gasteiger partial charge < -0.3 is 15.4 Å². The molecule has 2 N–H and O–H groups in total. The number of nitrogens with one attached hydrogen (secondary N) is 2. The van der Waals surface area contributed by atoms with E-state index < -0.39 is 0 Å². The smallest absolute Gasteiger partial charge is 0.238 e. The molecule has 5 nitrogen and oxygen atoms in total. The predicted octanol–water partition coefficient (Wildman–Crippen LogP) is 4.64. The minimum atomic E-state index is -0.105. The molecule has 0 aliphatic rings. The molecule has 0 fully saturated rings. The van der Waals surface area contributed by atoms with Crippen LogP contribution in [0.5, 0.6) is 5.75 Å². The molecule has 0 aliphatic heterocycles. The van der Waals surface area contributed by atoms with Gasteiger partial charge in [-0.25, -0.2) is 0 Å². The van der Waals surface area contributed by atoms with Crippen LogP contribution >= 0.6 is 0 Å². The highest BCUT2D eigenvalue weighted by Gasteiger charge is 2.08. The summed E-state index contributed by atoms with van der Waals surface area (Å²) in [6.07, 6.45) is 1.69. The van der Waals surface area contributed by atoms with E-state index in [1.807, 2.05) is 36.4 Å².